The number of halogens is 1. The normalized spacial score (nSPS) is 12.5. The summed E-state index contributed by atoms with van der Waals surface area (Å²) in [4.78, 5) is 0. The minimum absolute atomic E-state index is 0.124. The highest BCUT2D eigenvalue weighted by molar-refractivity contribution is 5.44. The van der Waals surface area contributed by atoms with Crippen LogP contribution in [0.5, 0.6) is 0 Å². The van der Waals surface area contributed by atoms with E-state index in [2.05, 4.69) is 38.3 Å². The van der Waals surface area contributed by atoms with E-state index in [0.29, 0.717) is 0 Å². The van der Waals surface area contributed by atoms with Crippen molar-refractivity contribution >= 4 is 0 Å². The number of nitrogens with two attached hydrogens (primary N) is 1. The Bertz CT molecular complexity index is 553. The number of hydrazine groups is 1. The molecule has 0 saturated carbocycles. The van der Waals surface area contributed by atoms with Crippen LogP contribution in [0.4, 0.5) is 4.39 Å². The van der Waals surface area contributed by atoms with Crippen molar-refractivity contribution in [3.8, 4) is 0 Å². The number of nitrogens with one attached hydrogen (secondary N) is 1. The topological polar surface area (TPSA) is 38.0 Å². The van der Waals surface area contributed by atoms with Gasteiger partial charge in [0, 0.05) is 0 Å². The van der Waals surface area contributed by atoms with E-state index >= 15 is 0 Å². The van der Waals surface area contributed by atoms with E-state index in [1.165, 1.54) is 28.8 Å². The first-order valence-electron chi connectivity index (χ1n) is 6.32. The summed E-state index contributed by atoms with van der Waals surface area (Å²) in [6.45, 7) is 6.22. The number of hydrogen-bond donors (Lipinski definition) is 2. The van der Waals surface area contributed by atoms with Crippen LogP contribution in [-0.4, -0.2) is 0 Å². The highest BCUT2D eigenvalue weighted by Gasteiger charge is 2.17. The van der Waals surface area contributed by atoms with Crippen LogP contribution in [0, 0.1) is 26.6 Å². The Balaban J connectivity index is 2.51. The third kappa shape index (κ3) is 2.83. The summed E-state index contributed by atoms with van der Waals surface area (Å²) >= 11 is 0. The molecule has 0 saturated heterocycles. The molecule has 2 nitrogen and oxygen atoms in total. The SMILES string of the molecule is Cc1cc(C)c(C(NN)c2ccc(F)cc2)c(C)c1. The van der Waals surface area contributed by atoms with Crippen molar-refractivity contribution in [1.29, 1.82) is 0 Å². The molecule has 0 aliphatic carbocycles. The molecule has 1 atom stereocenters. The molecule has 0 fully saturated rings. The average molecular weight is 258 g/mol. The van der Waals surface area contributed by atoms with E-state index in [0.717, 1.165) is 11.1 Å². The zero-order chi connectivity index (χ0) is 14.0. The van der Waals surface area contributed by atoms with Crippen molar-refractivity contribution in [2.24, 2.45) is 5.84 Å². The number of benzene rings is 2. The van der Waals surface area contributed by atoms with Crippen molar-refractivity contribution in [2.45, 2.75) is 26.8 Å². The lowest BCUT2D eigenvalue weighted by molar-refractivity contribution is 0.613. The minimum atomic E-state index is -0.239. The fraction of sp³-hybridized carbons (Fsp3) is 0.250. The summed E-state index contributed by atoms with van der Waals surface area (Å²) in [7, 11) is 0. The van der Waals surface area contributed by atoms with E-state index in [9.17, 15) is 4.39 Å². The molecule has 0 heterocycles. The molecule has 3 N–H and O–H groups in total. The first-order valence-corrected chi connectivity index (χ1v) is 6.32. The van der Waals surface area contributed by atoms with Crippen LogP contribution in [0.1, 0.15) is 33.9 Å². The van der Waals surface area contributed by atoms with Gasteiger partial charge >= 0.3 is 0 Å². The summed E-state index contributed by atoms with van der Waals surface area (Å²) in [5, 5.41) is 0. The highest BCUT2D eigenvalue weighted by atomic mass is 19.1. The van der Waals surface area contributed by atoms with Crippen molar-refractivity contribution in [3.63, 3.8) is 0 Å². The molecule has 19 heavy (non-hydrogen) atoms. The molecule has 2 aromatic rings. The Hall–Kier alpha value is -1.71. The summed E-state index contributed by atoms with van der Waals surface area (Å²) < 4.78 is 13.0. The Morgan fingerprint density at radius 1 is 1.00 bits per heavy atom. The summed E-state index contributed by atoms with van der Waals surface area (Å²) in [6, 6.07) is 10.6. The molecule has 100 valence electrons. The molecule has 0 aromatic heterocycles. The quantitative estimate of drug-likeness (QED) is 0.655. The Labute approximate surface area is 113 Å². The van der Waals surface area contributed by atoms with Crippen LogP contribution < -0.4 is 11.3 Å². The molecule has 2 rings (SSSR count). The second-order valence-electron chi connectivity index (χ2n) is 4.96. The minimum Gasteiger partial charge on any atom is -0.271 e. The summed E-state index contributed by atoms with van der Waals surface area (Å²) in [5.41, 5.74) is 8.54. The molecule has 3 heteroatoms. The van der Waals surface area contributed by atoms with Crippen molar-refractivity contribution in [2.75, 3.05) is 0 Å². The van der Waals surface area contributed by atoms with Crippen molar-refractivity contribution < 1.29 is 4.39 Å². The lowest BCUT2D eigenvalue weighted by Gasteiger charge is -2.22. The number of rotatable bonds is 3. The van der Waals surface area contributed by atoms with Crippen molar-refractivity contribution in [1.82, 2.24) is 5.43 Å². The predicted octanol–water partition coefficient (Wildman–Crippen LogP) is 3.30. The zero-order valence-electron chi connectivity index (χ0n) is 11.5. The Morgan fingerprint density at radius 2 is 1.53 bits per heavy atom. The summed E-state index contributed by atoms with van der Waals surface area (Å²) in [6.07, 6.45) is 0. The van der Waals surface area contributed by atoms with E-state index < -0.39 is 0 Å². The van der Waals surface area contributed by atoms with Gasteiger partial charge in [-0.15, -0.1) is 0 Å². The van der Waals surface area contributed by atoms with Gasteiger partial charge in [-0.1, -0.05) is 29.8 Å². The van der Waals surface area contributed by atoms with E-state index in [4.69, 9.17) is 5.84 Å². The van der Waals surface area contributed by atoms with Gasteiger partial charge in [0.2, 0.25) is 0 Å². The number of hydrogen-bond acceptors (Lipinski definition) is 2. The van der Waals surface area contributed by atoms with Gasteiger partial charge in [-0.3, -0.25) is 5.84 Å². The molecule has 0 spiro atoms. The molecule has 0 amide bonds. The second kappa shape index (κ2) is 5.51. The van der Waals surface area contributed by atoms with Gasteiger partial charge in [0.25, 0.3) is 0 Å². The molecule has 0 bridgehead atoms. The number of aryl methyl sites for hydroxylation is 3. The Kier molecular flexibility index (Phi) is 3.98. The fourth-order valence-electron chi connectivity index (χ4n) is 2.65. The molecule has 0 radical (unpaired) electrons. The summed E-state index contributed by atoms with van der Waals surface area (Å²) in [5.74, 6) is 5.47. The van der Waals surface area contributed by atoms with Crippen LogP contribution in [0.25, 0.3) is 0 Å². The largest absolute Gasteiger partial charge is 0.271 e. The van der Waals surface area contributed by atoms with Crippen LogP contribution >= 0.6 is 0 Å². The first-order chi connectivity index (χ1) is 9.02. The lowest BCUT2D eigenvalue weighted by atomic mass is 9.90. The van der Waals surface area contributed by atoms with Crippen molar-refractivity contribution in [3.05, 3.63) is 70.0 Å². The molecular formula is C16H19FN2. The maximum absolute atomic E-state index is 13.0. The third-order valence-corrected chi connectivity index (χ3v) is 3.40. The van der Waals surface area contributed by atoms with Gasteiger partial charge in [0.15, 0.2) is 0 Å². The smallest absolute Gasteiger partial charge is 0.123 e. The maximum atomic E-state index is 13.0. The zero-order valence-corrected chi connectivity index (χ0v) is 11.5. The van der Waals surface area contributed by atoms with E-state index in [-0.39, 0.29) is 11.9 Å². The van der Waals surface area contributed by atoms with Gasteiger partial charge in [0.1, 0.15) is 5.82 Å². The molecule has 0 aliphatic heterocycles. The monoisotopic (exact) mass is 258 g/mol. The van der Waals surface area contributed by atoms with Crippen LogP contribution in [0.2, 0.25) is 0 Å². The second-order valence-corrected chi connectivity index (χ2v) is 4.96. The van der Waals surface area contributed by atoms with Gasteiger partial charge in [-0.2, -0.15) is 0 Å². The average Bonchev–Trinajstić information content (AvgIpc) is 2.35. The third-order valence-electron chi connectivity index (χ3n) is 3.40. The molecular weight excluding hydrogens is 239 g/mol. The van der Waals surface area contributed by atoms with Gasteiger partial charge in [-0.25, -0.2) is 9.82 Å². The Morgan fingerprint density at radius 3 is 2.00 bits per heavy atom. The molecule has 0 aliphatic rings. The van der Waals surface area contributed by atoms with Crippen LogP contribution in [0.3, 0.4) is 0 Å². The predicted molar refractivity (Wildman–Crippen MR) is 76.2 cm³/mol. The first kappa shape index (κ1) is 13.7. The van der Waals surface area contributed by atoms with Crippen LogP contribution in [0.15, 0.2) is 36.4 Å². The van der Waals surface area contributed by atoms with Gasteiger partial charge < -0.3 is 0 Å². The van der Waals surface area contributed by atoms with Gasteiger partial charge in [-0.05, 0) is 55.2 Å². The van der Waals surface area contributed by atoms with Crippen LogP contribution in [-0.2, 0) is 0 Å². The fourth-order valence-corrected chi connectivity index (χ4v) is 2.65. The van der Waals surface area contributed by atoms with Gasteiger partial charge in [0.05, 0.1) is 6.04 Å². The molecule has 2 aromatic carbocycles. The standard InChI is InChI=1S/C16H19FN2/c1-10-8-11(2)15(12(3)9-10)16(19-18)13-4-6-14(17)7-5-13/h4-9,16,19H,18H2,1-3H3. The molecule has 1 unspecified atom stereocenters. The lowest BCUT2D eigenvalue weighted by Crippen LogP contribution is -2.30. The highest BCUT2D eigenvalue weighted by Crippen LogP contribution is 2.28. The maximum Gasteiger partial charge on any atom is 0.123 e. The van der Waals surface area contributed by atoms with E-state index in [1.54, 1.807) is 12.1 Å². The van der Waals surface area contributed by atoms with E-state index in [1.807, 2.05) is 0 Å².